The predicted octanol–water partition coefficient (Wildman–Crippen LogP) is 1.94. The molecule has 0 spiro atoms. The second kappa shape index (κ2) is 7.09. The van der Waals surface area contributed by atoms with E-state index in [-0.39, 0.29) is 0 Å². The van der Waals surface area contributed by atoms with Gasteiger partial charge in [0.25, 0.3) is 0 Å². The van der Waals surface area contributed by atoms with Gasteiger partial charge in [-0.25, -0.2) is 0 Å². The molecule has 0 saturated carbocycles. The molecule has 2 heterocycles. The highest BCUT2D eigenvalue weighted by molar-refractivity contribution is 4.81. The first-order valence-electron chi connectivity index (χ1n) is 7.64. The van der Waals surface area contributed by atoms with Crippen molar-refractivity contribution in [1.82, 2.24) is 15.1 Å². The summed E-state index contributed by atoms with van der Waals surface area (Å²) in [5.74, 6) is 0.367. The van der Waals surface area contributed by atoms with E-state index in [1.165, 1.54) is 24.2 Å². The molecule has 2 rings (SSSR count). The van der Waals surface area contributed by atoms with Crippen LogP contribution >= 0.6 is 0 Å². The standard InChI is InChI=1S/C14H26F3N3/c1-19-6-3-2-4-13(19)9-18-8-12-5-7-20(10-12)11-14(15,16)17/h12-13,18H,2-11H2,1H3. The van der Waals surface area contributed by atoms with Crippen molar-refractivity contribution >= 4 is 0 Å². The van der Waals surface area contributed by atoms with E-state index in [9.17, 15) is 13.2 Å². The number of hydrogen-bond donors (Lipinski definition) is 1. The first-order chi connectivity index (χ1) is 9.44. The number of alkyl halides is 3. The van der Waals surface area contributed by atoms with Gasteiger partial charge in [0.15, 0.2) is 0 Å². The number of nitrogens with one attached hydrogen (secondary N) is 1. The molecule has 3 nitrogen and oxygen atoms in total. The zero-order valence-electron chi connectivity index (χ0n) is 12.3. The third-order valence-electron chi connectivity index (χ3n) is 4.51. The summed E-state index contributed by atoms with van der Waals surface area (Å²) in [6, 6.07) is 0.594. The van der Waals surface area contributed by atoms with Crippen molar-refractivity contribution in [3.63, 3.8) is 0 Å². The van der Waals surface area contributed by atoms with Gasteiger partial charge in [-0.3, -0.25) is 4.90 Å². The molecule has 0 aromatic rings. The van der Waals surface area contributed by atoms with E-state index >= 15 is 0 Å². The minimum atomic E-state index is -4.06. The van der Waals surface area contributed by atoms with Crippen LogP contribution in [0, 0.1) is 5.92 Å². The molecule has 0 aromatic carbocycles. The maximum atomic E-state index is 12.3. The molecule has 20 heavy (non-hydrogen) atoms. The predicted molar refractivity (Wildman–Crippen MR) is 73.7 cm³/mol. The van der Waals surface area contributed by atoms with Crippen LogP contribution in [-0.4, -0.2) is 68.3 Å². The Kier molecular flexibility index (Phi) is 5.69. The van der Waals surface area contributed by atoms with Crippen LogP contribution in [0.3, 0.4) is 0 Å². The number of halogens is 3. The van der Waals surface area contributed by atoms with Crippen LogP contribution in [0.2, 0.25) is 0 Å². The fourth-order valence-electron chi connectivity index (χ4n) is 3.33. The van der Waals surface area contributed by atoms with E-state index in [1.54, 1.807) is 0 Å². The van der Waals surface area contributed by atoms with E-state index < -0.39 is 12.7 Å². The minimum absolute atomic E-state index is 0.367. The van der Waals surface area contributed by atoms with Crippen LogP contribution in [-0.2, 0) is 0 Å². The lowest BCUT2D eigenvalue weighted by Gasteiger charge is -2.32. The summed E-state index contributed by atoms with van der Waals surface area (Å²) in [5, 5.41) is 3.46. The summed E-state index contributed by atoms with van der Waals surface area (Å²) in [7, 11) is 2.16. The van der Waals surface area contributed by atoms with Crippen LogP contribution in [0.5, 0.6) is 0 Å². The van der Waals surface area contributed by atoms with Gasteiger partial charge in [-0.1, -0.05) is 6.42 Å². The summed E-state index contributed by atoms with van der Waals surface area (Å²) >= 11 is 0. The number of piperidine rings is 1. The van der Waals surface area contributed by atoms with Gasteiger partial charge in [0, 0.05) is 19.1 Å². The Morgan fingerprint density at radius 1 is 1.10 bits per heavy atom. The maximum absolute atomic E-state index is 12.3. The summed E-state index contributed by atoms with van der Waals surface area (Å²) < 4.78 is 36.9. The Hall–Kier alpha value is -0.330. The van der Waals surface area contributed by atoms with Crippen LogP contribution in [0.1, 0.15) is 25.7 Å². The van der Waals surface area contributed by atoms with Crippen molar-refractivity contribution in [3.8, 4) is 0 Å². The van der Waals surface area contributed by atoms with E-state index in [0.29, 0.717) is 25.0 Å². The lowest BCUT2D eigenvalue weighted by molar-refractivity contribution is -0.143. The average molecular weight is 293 g/mol. The first kappa shape index (κ1) is 16.0. The monoisotopic (exact) mass is 293 g/mol. The third-order valence-corrected chi connectivity index (χ3v) is 4.51. The summed E-state index contributed by atoms with van der Waals surface area (Å²) in [5.41, 5.74) is 0. The van der Waals surface area contributed by atoms with Crippen molar-refractivity contribution in [2.24, 2.45) is 5.92 Å². The van der Waals surface area contributed by atoms with Crippen LogP contribution in [0.4, 0.5) is 13.2 Å². The quantitative estimate of drug-likeness (QED) is 0.836. The normalized spacial score (nSPS) is 30.0. The summed E-state index contributed by atoms with van der Waals surface area (Å²) in [6.07, 6.45) is 0.618. The number of rotatable bonds is 5. The maximum Gasteiger partial charge on any atom is 0.401 e. The molecule has 2 saturated heterocycles. The molecule has 0 radical (unpaired) electrons. The molecule has 2 aliphatic heterocycles. The number of hydrogen-bond acceptors (Lipinski definition) is 3. The Bertz CT molecular complexity index is 296. The third kappa shape index (κ3) is 5.22. The van der Waals surface area contributed by atoms with E-state index in [4.69, 9.17) is 0 Å². The Morgan fingerprint density at radius 3 is 2.60 bits per heavy atom. The van der Waals surface area contributed by atoms with Crippen molar-refractivity contribution in [2.45, 2.75) is 37.9 Å². The van der Waals surface area contributed by atoms with E-state index in [2.05, 4.69) is 17.3 Å². The topological polar surface area (TPSA) is 18.5 Å². The second-order valence-electron chi connectivity index (χ2n) is 6.29. The van der Waals surface area contributed by atoms with Gasteiger partial charge < -0.3 is 10.2 Å². The lowest BCUT2D eigenvalue weighted by Crippen LogP contribution is -2.44. The Morgan fingerprint density at radius 2 is 1.90 bits per heavy atom. The molecule has 0 bridgehead atoms. The molecule has 1 N–H and O–H groups in total. The first-order valence-corrected chi connectivity index (χ1v) is 7.64. The molecular weight excluding hydrogens is 267 g/mol. The summed E-state index contributed by atoms with van der Waals surface area (Å²) in [4.78, 5) is 3.92. The van der Waals surface area contributed by atoms with Crippen molar-refractivity contribution in [2.75, 3.05) is 46.3 Å². The molecular formula is C14H26F3N3. The zero-order chi connectivity index (χ0) is 14.6. The lowest BCUT2D eigenvalue weighted by atomic mass is 10.0. The number of nitrogens with zero attached hydrogens (tertiary/aromatic N) is 2. The van der Waals surface area contributed by atoms with Crippen molar-refractivity contribution < 1.29 is 13.2 Å². The Balaban J connectivity index is 1.61. The fourth-order valence-corrected chi connectivity index (χ4v) is 3.33. The average Bonchev–Trinajstić information content (AvgIpc) is 2.77. The number of likely N-dealkylation sites (N-methyl/N-ethyl adjacent to an activating group) is 1. The van der Waals surface area contributed by atoms with Gasteiger partial charge in [0.1, 0.15) is 0 Å². The molecule has 6 heteroatoms. The highest BCUT2D eigenvalue weighted by Crippen LogP contribution is 2.22. The SMILES string of the molecule is CN1CCCCC1CNCC1CCN(CC(F)(F)F)C1. The largest absolute Gasteiger partial charge is 0.401 e. The van der Waals surface area contributed by atoms with Crippen LogP contribution in [0.15, 0.2) is 0 Å². The van der Waals surface area contributed by atoms with Crippen molar-refractivity contribution in [1.29, 1.82) is 0 Å². The highest BCUT2D eigenvalue weighted by atomic mass is 19.4. The van der Waals surface area contributed by atoms with E-state index in [1.807, 2.05) is 0 Å². The second-order valence-corrected chi connectivity index (χ2v) is 6.29. The highest BCUT2D eigenvalue weighted by Gasteiger charge is 2.34. The van der Waals surface area contributed by atoms with Gasteiger partial charge in [0.2, 0.25) is 0 Å². The molecule has 2 unspecified atom stereocenters. The molecule has 118 valence electrons. The van der Waals surface area contributed by atoms with Crippen LogP contribution in [0.25, 0.3) is 0 Å². The number of likely N-dealkylation sites (tertiary alicyclic amines) is 2. The zero-order valence-corrected chi connectivity index (χ0v) is 12.3. The summed E-state index contributed by atoms with van der Waals surface area (Å²) in [6.45, 7) is 3.37. The van der Waals surface area contributed by atoms with Gasteiger partial charge >= 0.3 is 6.18 Å². The van der Waals surface area contributed by atoms with E-state index in [0.717, 1.165) is 26.1 Å². The molecule has 0 aliphatic carbocycles. The molecule has 0 amide bonds. The fraction of sp³-hybridized carbons (Fsp3) is 1.00. The van der Waals surface area contributed by atoms with Gasteiger partial charge in [-0.15, -0.1) is 0 Å². The smallest absolute Gasteiger partial charge is 0.315 e. The van der Waals surface area contributed by atoms with Gasteiger partial charge in [-0.2, -0.15) is 13.2 Å². The van der Waals surface area contributed by atoms with Crippen LogP contribution < -0.4 is 5.32 Å². The molecule has 2 fully saturated rings. The van der Waals surface area contributed by atoms with Gasteiger partial charge in [0.05, 0.1) is 6.54 Å². The van der Waals surface area contributed by atoms with Crippen molar-refractivity contribution in [3.05, 3.63) is 0 Å². The van der Waals surface area contributed by atoms with Gasteiger partial charge in [-0.05, 0) is 51.9 Å². The Labute approximate surface area is 119 Å². The molecule has 2 aliphatic rings. The molecule has 2 atom stereocenters. The molecule has 0 aromatic heterocycles. The minimum Gasteiger partial charge on any atom is -0.315 e.